The molecule has 5 heteroatoms. The summed E-state index contributed by atoms with van der Waals surface area (Å²) in [5.41, 5.74) is 0. The molecule has 1 saturated heterocycles. The Labute approximate surface area is 130 Å². The third kappa shape index (κ3) is 4.84. The number of hydrogen-bond donors (Lipinski definition) is 1. The lowest BCUT2D eigenvalue weighted by atomic mass is 9.96. The number of nitrogens with one attached hydrogen (secondary N) is 1. The van der Waals surface area contributed by atoms with Crippen molar-refractivity contribution < 1.29 is 9.59 Å². The first-order chi connectivity index (χ1) is 10.1. The topological polar surface area (TPSA) is 49.4 Å². The van der Waals surface area contributed by atoms with Crippen LogP contribution in [0, 0.1) is 5.92 Å². The highest BCUT2D eigenvalue weighted by Crippen LogP contribution is 2.19. The highest BCUT2D eigenvalue weighted by atomic mass is 32.1. The van der Waals surface area contributed by atoms with Crippen LogP contribution in [-0.4, -0.2) is 35.8 Å². The summed E-state index contributed by atoms with van der Waals surface area (Å²) in [5, 5.41) is 4.99. The minimum atomic E-state index is -0.0492. The molecule has 0 aliphatic carbocycles. The maximum Gasteiger partial charge on any atom is 0.225 e. The van der Waals surface area contributed by atoms with Gasteiger partial charge < -0.3 is 10.2 Å². The number of hydrogen-bond acceptors (Lipinski definition) is 3. The normalized spacial score (nSPS) is 18.8. The molecule has 1 fully saturated rings. The van der Waals surface area contributed by atoms with Crippen LogP contribution in [0.3, 0.4) is 0 Å². The van der Waals surface area contributed by atoms with E-state index in [1.807, 2.05) is 30.2 Å². The Hall–Kier alpha value is -1.36. The summed E-state index contributed by atoms with van der Waals surface area (Å²) in [6.07, 6.45) is 3.14. The lowest BCUT2D eigenvalue weighted by molar-refractivity contribution is -0.135. The van der Waals surface area contributed by atoms with Crippen LogP contribution >= 0.6 is 11.3 Å². The maximum absolute atomic E-state index is 12.3. The molecular weight excluding hydrogens is 284 g/mol. The zero-order valence-electron chi connectivity index (χ0n) is 12.8. The molecule has 1 aliphatic heterocycles. The summed E-state index contributed by atoms with van der Waals surface area (Å²) >= 11 is 1.69. The van der Waals surface area contributed by atoms with Gasteiger partial charge in [-0.2, -0.15) is 0 Å². The average molecular weight is 308 g/mol. The second-order valence-corrected chi connectivity index (χ2v) is 6.95. The van der Waals surface area contributed by atoms with Crippen molar-refractivity contribution in [1.82, 2.24) is 10.2 Å². The lowest BCUT2D eigenvalue weighted by Gasteiger charge is -2.32. The van der Waals surface area contributed by atoms with Crippen LogP contribution in [0.4, 0.5) is 0 Å². The number of piperidine rings is 1. The number of rotatable bonds is 5. The van der Waals surface area contributed by atoms with E-state index in [1.165, 1.54) is 4.88 Å². The molecule has 1 aromatic heterocycles. The van der Waals surface area contributed by atoms with Crippen molar-refractivity contribution in [3.8, 4) is 0 Å². The molecule has 116 valence electrons. The van der Waals surface area contributed by atoms with E-state index in [1.54, 1.807) is 11.3 Å². The quantitative estimate of drug-likeness (QED) is 0.908. The smallest absolute Gasteiger partial charge is 0.225 e. The number of nitrogens with zero attached hydrogens (tertiary/aromatic N) is 1. The van der Waals surface area contributed by atoms with Crippen molar-refractivity contribution in [2.45, 2.75) is 45.6 Å². The fourth-order valence-electron chi connectivity index (χ4n) is 2.66. The molecule has 0 saturated carbocycles. The van der Waals surface area contributed by atoms with Gasteiger partial charge in [-0.25, -0.2) is 0 Å². The van der Waals surface area contributed by atoms with Crippen molar-refractivity contribution >= 4 is 23.2 Å². The van der Waals surface area contributed by atoms with Crippen LogP contribution in [0.5, 0.6) is 0 Å². The van der Waals surface area contributed by atoms with Gasteiger partial charge in [0.1, 0.15) is 0 Å². The predicted molar refractivity (Wildman–Crippen MR) is 85.2 cm³/mol. The van der Waals surface area contributed by atoms with Gasteiger partial charge in [-0.05, 0) is 44.6 Å². The molecule has 2 rings (SSSR count). The SMILES string of the molecule is CC(C)NC(=O)[C@H]1CCCN(C(=O)CCc2cccs2)C1. The molecule has 2 amide bonds. The first-order valence-electron chi connectivity index (χ1n) is 7.67. The minimum absolute atomic E-state index is 0.0492. The van der Waals surface area contributed by atoms with Crippen molar-refractivity contribution in [2.75, 3.05) is 13.1 Å². The van der Waals surface area contributed by atoms with E-state index in [-0.39, 0.29) is 23.8 Å². The molecule has 0 aromatic carbocycles. The van der Waals surface area contributed by atoms with Crippen molar-refractivity contribution in [1.29, 1.82) is 0 Å². The zero-order valence-corrected chi connectivity index (χ0v) is 13.6. The molecule has 4 nitrogen and oxygen atoms in total. The second kappa shape index (κ2) is 7.59. The fraction of sp³-hybridized carbons (Fsp3) is 0.625. The number of carbonyl (C=O) groups is 2. The van der Waals surface area contributed by atoms with E-state index in [0.717, 1.165) is 25.8 Å². The predicted octanol–water partition coefficient (Wildman–Crippen LogP) is 2.44. The second-order valence-electron chi connectivity index (χ2n) is 5.92. The highest BCUT2D eigenvalue weighted by molar-refractivity contribution is 7.09. The van der Waals surface area contributed by atoms with Crippen LogP contribution in [0.2, 0.25) is 0 Å². The molecular formula is C16H24N2O2S. The van der Waals surface area contributed by atoms with Crippen LogP contribution in [0.15, 0.2) is 17.5 Å². The highest BCUT2D eigenvalue weighted by Gasteiger charge is 2.28. The molecule has 1 aliphatic rings. The third-order valence-corrected chi connectivity index (χ3v) is 4.68. The number of amides is 2. The van der Waals surface area contributed by atoms with Crippen molar-refractivity contribution in [3.05, 3.63) is 22.4 Å². The fourth-order valence-corrected chi connectivity index (χ4v) is 3.37. The third-order valence-electron chi connectivity index (χ3n) is 3.74. The average Bonchev–Trinajstić information content (AvgIpc) is 2.97. The van der Waals surface area contributed by atoms with E-state index in [2.05, 4.69) is 11.4 Å². The van der Waals surface area contributed by atoms with Crippen LogP contribution in [-0.2, 0) is 16.0 Å². The Morgan fingerprint density at radius 2 is 2.29 bits per heavy atom. The van der Waals surface area contributed by atoms with Gasteiger partial charge in [0.2, 0.25) is 11.8 Å². The van der Waals surface area contributed by atoms with E-state index in [4.69, 9.17) is 0 Å². The summed E-state index contributed by atoms with van der Waals surface area (Å²) < 4.78 is 0. The summed E-state index contributed by atoms with van der Waals surface area (Å²) in [6, 6.07) is 4.23. The Morgan fingerprint density at radius 3 is 2.95 bits per heavy atom. The van der Waals surface area contributed by atoms with Crippen LogP contribution in [0.1, 0.15) is 38.0 Å². The summed E-state index contributed by atoms with van der Waals surface area (Å²) in [4.78, 5) is 27.5. The monoisotopic (exact) mass is 308 g/mol. The van der Waals surface area contributed by atoms with Crippen molar-refractivity contribution in [2.24, 2.45) is 5.92 Å². The van der Waals surface area contributed by atoms with Gasteiger partial charge in [0.15, 0.2) is 0 Å². The molecule has 0 unspecified atom stereocenters. The molecule has 0 bridgehead atoms. The van der Waals surface area contributed by atoms with E-state index < -0.39 is 0 Å². The number of aryl methyl sites for hydroxylation is 1. The van der Waals surface area contributed by atoms with E-state index in [9.17, 15) is 9.59 Å². The van der Waals surface area contributed by atoms with E-state index >= 15 is 0 Å². The number of likely N-dealkylation sites (tertiary alicyclic amines) is 1. The molecule has 1 aromatic rings. The van der Waals surface area contributed by atoms with Gasteiger partial charge in [-0.1, -0.05) is 6.07 Å². The Kier molecular flexibility index (Phi) is 5.79. The lowest BCUT2D eigenvalue weighted by Crippen LogP contribution is -2.46. The first kappa shape index (κ1) is 16.0. The van der Waals surface area contributed by atoms with Crippen molar-refractivity contribution in [3.63, 3.8) is 0 Å². The van der Waals surface area contributed by atoms with Gasteiger partial charge >= 0.3 is 0 Å². The Bertz CT molecular complexity index is 471. The Morgan fingerprint density at radius 1 is 1.48 bits per heavy atom. The summed E-state index contributed by atoms with van der Waals surface area (Å²) in [6.45, 7) is 5.28. The van der Waals surface area contributed by atoms with Crippen LogP contribution < -0.4 is 5.32 Å². The standard InChI is InChI=1S/C16H24N2O2S/c1-12(2)17-16(20)13-5-3-9-18(11-13)15(19)8-7-14-6-4-10-21-14/h4,6,10,12-13H,3,5,7-9,11H2,1-2H3,(H,17,20)/t13-/m0/s1. The van der Waals surface area contributed by atoms with Gasteiger partial charge in [0.05, 0.1) is 5.92 Å². The molecule has 0 radical (unpaired) electrons. The van der Waals surface area contributed by atoms with E-state index in [0.29, 0.717) is 13.0 Å². The Balaban J connectivity index is 1.82. The van der Waals surface area contributed by atoms with Gasteiger partial charge in [-0.3, -0.25) is 9.59 Å². The summed E-state index contributed by atoms with van der Waals surface area (Å²) in [7, 11) is 0. The minimum Gasteiger partial charge on any atom is -0.354 e. The summed E-state index contributed by atoms with van der Waals surface area (Å²) in [5.74, 6) is 0.207. The molecule has 21 heavy (non-hydrogen) atoms. The zero-order chi connectivity index (χ0) is 15.2. The number of thiophene rings is 1. The van der Waals surface area contributed by atoms with Gasteiger partial charge in [0.25, 0.3) is 0 Å². The van der Waals surface area contributed by atoms with Gasteiger partial charge in [-0.15, -0.1) is 11.3 Å². The van der Waals surface area contributed by atoms with Crippen LogP contribution in [0.25, 0.3) is 0 Å². The molecule has 1 atom stereocenters. The molecule has 2 heterocycles. The number of carbonyl (C=O) groups excluding carboxylic acids is 2. The van der Waals surface area contributed by atoms with Gasteiger partial charge in [0, 0.05) is 30.4 Å². The maximum atomic E-state index is 12.3. The largest absolute Gasteiger partial charge is 0.354 e. The molecule has 1 N–H and O–H groups in total. The molecule has 0 spiro atoms. The first-order valence-corrected chi connectivity index (χ1v) is 8.54.